The first kappa shape index (κ1) is 23.2. The van der Waals surface area contributed by atoms with Crippen LogP contribution in [-0.2, 0) is 18.9 Å². The number of thioether (sulfide) groups is 1. The molecule has 3 fully saturated rings. The average molecular weight is 477 g/mol. The Kier molecular flexibility index (Phi) is 6.08. The van der Waals surface area contributed by atoms with Crippen LogP contribution < -0.4 is 5.32 Å². The predicted octanol–water partition coefficient (Wildman–Crippen LogP) is 5.84. The number of hydrogen-bond acceptors (Lipinski definition) is 4. The molecular formula is C21H21F6N3OS. The third kappa shape index (κ3) is 4.68. The average Bonchev–Trinajstić information content (AvgIpc) is 3.15. The molecule has 1 aromatic carbocycles. The van der Waals surface area contributed by atoms with E-state index in [-0.39, 0.29) is 41.4 Å². The lowest BCUT2D eigenvalue weighted by Crippen LogP contribution is -2.42. The smallest absolute Gasteiger partial charge is 0.300 e. The Bertz CT molecular complexity index is 957. The minimum absolute atomic E-state index is 0.0380. The summed E-state index contributed by atoms with van der Waals surface area (Å²) in [6.07, 6.45) is -4.61. The standard InChI is InChI=1S/C21H21F6N3OS/c1-28-18-17(32-19(31)29-18)8-11-6-14-4-5-15(7-11)30(14)10-12-2-3-13(20(22,23)24)9-16(12)21(25,26)27/h2-3,8-9,11,14-15H,4-7,10H2,1H3,(H,28,29,31)/t11?,14-,15+. The second kappa shape index (κ2) is 8.40. The van der Waals surface area contributed by atoms with E-state index in [0.29, 0.717) is 18.7 Å². The van der Waals surface area contributed by atoms with Crippen molar-refractivity contribution in [2.24, 2.45) is 10.9 Å². The van der Waals surface area contributed by atoms with Gasteiger partial charge in [0.2, 0.25) is 0 Å². The van der Waals surface area contributed by atoms with Gasteiger partial charge >= 0.3 is 12.4 Å². The van der Waals surface area contributed by atoms with Crippen LogP contribution in [0.5, 0.6) is 0 Å². The molecule has 0 saturated carbocycles. The van der Waals surface area contributed by atoms with E-state index < -0.39 is 23.5 Å². The number of piperidine rings is 1. The van der Waals surface area contributed by atoms with Crippen LogP contribution in [0.15, 0.2) is 34.2 Å². The maximum atomic E-state index is 13.5. The van der Waals surface area contributed by atoms with Crippen LogP contribution in [0.1, 0.15) is 42.4 Å². The maximum Gasteiger partial charge on any atom is 0.416 e. The number of aliphatic imine (C=N–C) groups is 1. The largest absolute Gasteiger partial charge is 0.416 e. The van der Waals surface area contributed by atoms with Crippen molar-refractivity contribution in [1.29, 1.82) is 0 Å². The minimum atomic E-state index is -4.87. The van der Waals surface area contributed by atoms with Gasteiger partial charge in [-0.25, -0.2) is 0 Å². The summed E-state index contributed by atoms with van der Waals surface area (Å²) in [4.78, 5) is 18.4. The van der Waals surface area contributed by atoms with E-state index >= 15 is 0 Å². The molecule has 3 atom stereocenters. The van der Waals surface area contributed by atoms with Crippen molar-refractivity contribution in [2.75, 3.05) is 7.05 Å². The van der Waals surface area contributed by atoms with Crippen LogP contribution >= 0.6 is 11.8 Å². The summed E-state index contributed by atoms with van der Waals surface area (Å²) in [5.74, 6) is 0.680. The van der Waals surface area contributed by atoms with E-state index in [1.165, 1.54) is 0 Å². The monoisotopic (exact) mass is 477 g/mol. The summed E-state index contributed by atoms with van der Waals surface area (Å²) in [7, 11) is 1.59. The zero-order chi connectivity index (χ0) is 23.3. The lowest BCUT2D eigenvalue weighted by atomic mass is 9.89. The van der Waals surface area contributed by atoms with Crippen LogP contribution in [0.2, 0.25) is 0 Å². The van der Waals surface area contributed by atoms with Crippen LogP contribution in [-0.4, -0.2) is 35.1 Å². The Morgan fingerprint density at radius 1 is 1.12 bits per heavy atom. The number of carbonyl (C=O) groups excluding carboxylic acids is 1. The Hall–Kier alpha value is -2.01. The molecule has 3 heterocycles. The highest BCUT2D eigenvalue weighted by molar-refractivity contribution is 8.18. The number of fused-ring (bicyclic) bond motifs is 2. The van der Waals surface area contributed by atoms with Gasteiger partial charge in [0.15, 0.2) is 0 Å². The predicted molar refractivity (Wildman–Crippen MR) is 109 cm³/mol. The number of amides is 1. The van der Waals surface area contributed by atoms with Gasteiger partial charge < -0.3 is 5.32 Å². The topological polar surface area (TPSA) is 44.7 Å². The Labute approximate surface area is 185 Å². The van der Waals surface area contributed by atoms with Crippen molar-refractivity contribution >= 4 is 22.8 Å². The van der Waals surface area contributed by atoms with E-state index in [9.17, 15) is 31.1 Å². The molecule has 4 nitrogen and oxygen atoms in total. The van der Waals surface area contributed by atoms with Gasteiger partial charge in [0.1, 0.15) is 5.84 Å². The molecule has 2 bridgehead atoms. The van der Waals surface area contributed by atoms with Gasteiger partial charge in [-0.3, -0.25) is 14.7 Å². The van der Waals surface area contributed by atoms with E-state index in [0.717, 1.165) is 41.6 Å². The first-order chi connectivity index (χ1) is 15.0. The first-order valence-corrected chi connectivity index (χ1v) is 11.0. The summed E-state index contributed by atoms with van der Waals surface area (Å²) in [5, 5.41) is 2.47. The van der Waals surface area contributed by atoms with Crippen LogP contribution in [0, 0.1) is 5.92 Å². The molecule has 1 N–H and O–H groups in total. The SMILES string of the molecule is CN=C1NC(=O)SC1=CC1C[C@H]2CC[C@@H](C1)N2Cc1ccc(C(F)(F)F)cc1C(F)(F)F. The number of allylic oxidation sites excluding steroid dienone is 1. The number of nitrogens with one attached hydrogen (secondary N) is 1. The quantitative estimate of drug-likeness (QED) is 0.557. The molecule has 1 aromatic rings. The third-order valence-corrected chi connectivity index (χ3v) is 7.12. The van der Waals surface area contributed by atoms with Crippen molar-refractivity contribution < 1.29 is 31.1 Å². The number of rotatable bonds is 3. The molecule has 1 amide bonds. The molecule has 3 aliphatic heterocycles. The van der Waals surface area contributed by atoms with Crippen molar-refractivity contribution in [3.05, 3.63) is 45.9 Å². The molecule has 0 spiro atoms. The van der Waals surface area contributed by atoms with Crippen molar-refractivity contribution in [1.82, 2.24) is 10.2 Å². The second-order valence-electron chi connectivity index (χ2n) is 8.27. The lowest BCUT2D eigenvalue weighted by molar-refractivity contribution is -0.143. The van der Waals surface area contributed by atoms with E-state index in [2.05, 4.69) is 10.3 Å². The normalized spacial score (nSPS) is 29.2. The number of amidine groups is 1. The highest BCUT2D eigenvalue weighted by atomic mass is 32.2. The van der Waals surface area contributed by atoms with Gasteiger partial charge in [-0.2, -0.15) is 26.3 Å². The summed E-state index contributed by atoms with van der Waals surface area (Å²) in [5.41, 5.74) is -2.67. The molecule has 3 aliphatic rings. The molecular weight excluding hydrogens is 456 g/mol. The van der Waals surface area contributed by atoms with Crippen molar-refractivity contribution in [3.63, 3.8) is 0 Å². The van der Waals surface area contributed by atoms with Crippen molar-refractivity contribution in [2.45, 2.75) is 56.7 Å². The molecule has 174 valence electrons. The van der Waals surface area contributed by atoms with Gasteiger partial charge in [-0.05, 0) is 61.1 Å². The van der Waals surface area contributed by atoms with E-state index in [1.54, 1.807) is 7.05 Å². The number of alkyl halides is 6. The zero-order valence-corrected chi connectivity index (χ0v) is 17.9. The summed E-state index contributed by atoms with van der Waals surface area (Å²) >= 11 is 1.08. The minimum Gasteiger partial charge on any atom is -0.300 e. The van der Waals surface area contributed by atoms with Gasteiger partial charge in [-0.15, -0.1) is 0 Å². The van der Waals surface area contributed by atoms with E-state index in [1.807, 2.05) is 11.0 Å². The Morgan fingerprint density at radius 3 is 2.34 bits per heavy atom. The summed E-state index contributed by atoms with van der Waals surface area (Å²) < 4.78 is 79.4. The van der Waals surface area contributed by atoms with Crippen molar-refractivity contribution in [3.8, 4) is 0 Å². The molecule has 11 heteroatoms. The molecule has 32 heavy (non-hydrogen) atoms. The van der Waals surface area contributed by atoms with Gasteiger partial charge in [-0.1, -0.05) is 12.1 Å². The molecule has 0 aromatic heterocycles. The fourth-order valence-corrected chi connectivity index (χ4v) is 5.73. The first-order valence-electron chi connectivity index (χ1n) is 10.2. The number of carbonyl (C=O) groups is 1. The van der Waals surface area contributed by atoms with Crippen LogP contribution in [0.3, 0.4) is 0 Å². The number of hydrogen-bond donors (Lipinski definition) is 1. The molecule has 1 unspecified atom stereocenters. The number of nitrogens with zero attached hydrogens (tertiary/aromatic N) is 2. The lowest BCUT2D eigenvalue weighted by Gasteiger charge is -2.38. The van der Waals surface area contributed by atoms with Gasteiger partial charge in [0.25, 0.3) is 5.24 Å². The zero-order valence-electron chi connectivity index (χ0n) is 17.1. The van der Waals surface area contributed by atoms with Crippen LogP contribution in [0.4, 0.5) is 31.1 Å². The Morgan fingerprint density at radius 2 is 1.78 bits per heavy atom. The fourth-order valence-electron chi connectivity index (χ4n) is 4.89. The summed E-state index contributed by atoms with van der Waals surface area (Å²) in [6.45, 7) is -0.0396. The number of halogens is 6. The molecule has 0 aliphatic carbocycles. The molecule has 4 rings (SSSR count). The summed E-state index contributed by atoms with van der Waals surface area (Å²) in [6, 6.07) is 1.96. The Balaban J connectivity index is 1.53. The van der Waals surface area contributed by atoms with Crippen LogP contribution in [0.25, 0.3) is 0 Å². The van der Waals surface area contributed by atoms with Gasteiger partial charge in [0.05, 0.1) is 16.0 Å². The number of benzene rings is 1. The second-order valence-corrected chi connectivity index (χ2v) is 9.29. The third-order valence-electron chi connectivity index (χ3n) is 6.28. The van der Waals surface area contributed by atoms with Gasteiger partial charge in [0, 0.05) is 25.7 Å². The highest BCUT2D eigenvalue weighted by Gasteiger charge is 2.43. The highest BCUT2D eigenvalue weighted by Crippen LogP contribution is 2.43. The molecule has 3 saturated heterocycles. The fraction of sp³-hybridized carbons (Fsp3) is 0.524. The van der Waals surface area contributed by atoms with E-state index in [4.69, 9.17) is 0 Å². The maximum absolute atomic E-state index is 13.5. The molecule has 0 radical (unpaired) electrons.